The predicted molar refractivity (Wildman–Crippen MR) is 91.5 cm³/mol. The van der Waals surface area contributed by atoms with E-state index in [1.165, 1.54) is 32.2 Å². The molecule has 2 heterocycles. The fourth-order valence-corrected chi connectivity index (χ4v) is 3.94. The van der Waals surface area contributed by atoms with Crippen LogP contribution in [-0.2, 0) is 6.54 Å². The number of hydrogen-bond acceptors (Lipinski definition) is 1. The van der Waals surface area contributed by atoms with Gasteiger partial charge in [-0.2, -0.15) is 0 Å². The van der Waals surface area contributed by atoms with E-state index >= 15 is 0 Å². The molecule has 1 saturated heterocycles. The molecule has 1 fully saturated rings. The average molecular weight is 299 g/mol. The van der Waals surface area contributed by atoms with Crippen LogP contribution in [0.4, 0.5) is 0 Å². The lowest BCUT2D eigenvalue weighted by Crippen LogP contribution is -3.15. The molecule has 3 heteroatoms. The lowest BCUT2D eigenvalue weighted by molar-refractivity contribution is -0.944. The molecule has 1 aromatic heterocycles. The number of piperidine rings is 1. The lowest BCUT2D eigenvalue weighted by Gasteiger charge is -2.32. The van der Waals surface area contributed by atoms with Crippen molar-refractivity contribution >= 4 is 10.9 Å². The number of hydrogen-bond donors (Lipinski definition) is 2. The third kappa shape index (κ3) is 2.70. The van der Waals surface area contributed by atoms with Gasteiger partial charge in [0.2, 0.25) is 0 Å². The van der Waals surface area contributed by atoms with E-state index in [0.717, 1.165) is 34.3 Å². The van der Waals surface area contributed by atoms with E-state index in [1.54, 1.807) is 4.90 Å². The van der Waals surface area contributed by atoms with Crippen molar-refractivity contribution in [2.45, 2.75) is 59.0 Å². The standard InChI is InChI=1S/C19H26N2O/c1-4-15-9-5-6-11-21(15)12-17-14(3)20-18-13(2)8-7-10-16(18)19(17)22/h7-8,10,15H,4-6,9,11-12H2,1-3H3,(H,20,22)/p+1/t15-/m1/s1. The third-order valence-electron chi connectivity index (χ3n) is 5.33. The molecule has 2 N–H and O–H groups in total. The van der Waals surface area contributed by atoms with Crippen LogP contribution < -0.4 is 10.3 Å². The Balaban J connectivity index is 2.02. The van der Waals surface area contributed by atoms with Crippen LogP contribution in [0.1, 0.15) is 49.4 Å². The molecular weight excluding hydrogens is 272 g/mol. The zero-order valence-corrected chi connectivity index (χ0v) is 14.0. The Hall–Kier alpha value is -1.61. The smallest absolute Gasteiger partial charge is 0.198 e. The van der Waals surface area contributed by atoms with Gasteiger partial charge in [-0.1, -0.05) is 19.1 Å². The summed E-state index contributed by atoms with van der Waals surface area (Å²) in [6, 6.07) is 6.70. The summed E-state index contributed by atoms with van der Waals surface area (Å²) in [6.45, 7) is 8.44. The molecule has 1 aromatic carbocycles. The topological polar surface area (TPSA) is 37.3 Å². The van der Waals surface area contributed by atoms with Gasteiger partial charge in [0.05, 0.1) is 23.7 Å². The van der Waals surface area contributed by atoms with Gasteiger partial charge in [0, 0.05) is 11.1 Å². The monoisotopic (exact) mass is 299 g/mol. The molecule has 1 aliphatic rings. The maximum Gasteiger partial charge on any atom is 0.198 e. The van der Waals surface area contributed by atoms with Crippen molar-refractivity contribution in [2.75, 3.05) is 6.54 Å². The highest BCUT2D eigenvalue weighted by atomic mass is 16.1. The highest BCUT2D eigenvalue weighted by Crippen LogP contribution is 2.15. The predicted octanol–water partition coefficient (Wildman–Crippen LogP) is 2.49. The van der Waals surface area contributed by atoms with Crippen LogP contribution in [-0.4, -0.2) is 17.6 Å². The largest absolute Gasteiger partial charge is 0.358 e. The van der Waals surface area contributed by atoms with Gasteiger partial charge < -0.3 is 9.88 Å². The van der Waals surface area contributed by atoms with Crippen LogP contribution in [0.15, 0.2) is 23.0 Å². The molecule has 1 unspecified atom stereocenters. The van der Waals surface area contributed by atoms with Crippen molar-refractivity contribution in [3.63, 3.8) is 0 Å². The minimum absolute atomic E-state index is 0.225. The van der Waals surface area contributed by atoms with Crippen LogP contribution in [0.2, 0.25) is 0 Å². The van der Waals surface area contributed by atoms with E-state index in [2.05, 4.69) is 24.9 Å². The molecular formula is C19H27N2O+. The van der Waals surface area contributed by atoms with Crippen LogP contribution >= 0.6 is 0 Å². The van der Waals surface area contributed by atoms with E-state index in [0.29, 0.717) is 6.04 Å². The zero-order valence-electron chi connectivity index (χ0n) is 14.0. The number of benzene rings is 1. The van der Waals surface area contributed by atoms with Gasteiger partial charge >= 0.3 is 0 Å². The van der Waals surface area contributed by atoms with Gasteiger partial charge in [-0.3, -0.25) is 4.79 Å². The first-order valence-electron chi connectivity index (χ1n) is 8.57. The Morgan fingerprint density at radius 3 is 2.86 bits per heavy atom. The second-order valence-electron chi connectivity index (χ2n) is 6.74. The van der Waals surface area contributed by atoms with Crippen LogP contribution in [0.5, 0.6) is 0 Å². The molecule has 0 aliphatic carbocycles. The van der Waals surface area contributed by atoms with Crippen molar-refractivity contribution in [1.82, 2.24) is 4.98 Å². The van der Waals surface area contributed by atoms with Gasteiger partial charge in [-0.05, 0) is 51.2 Å². The Morgan fingerprint density at radius 2 is 2.09 bits per heavy atom. The molecule has 3 rings (SSSR count). The number of aromatic nitrogens is 1. The fraction of sp³-hybridized carbons (Fsp3) is 0.526. The van der Waals surface area contributed by atoms with E-state index in [9.17, 15) is 4.79 Å². The normalized spacial score (nSPS) is 22.1. The van der Waals surface area contributed by atoms with E-state index in [4.69, 9.17) is 0 Å². The molecule has 0 radical (unpaired) electrons. The van der Waals surface area contributed by atoms with Crippen LogP contribution in [0.3, 0.4) is 0 Å². The number of likely N-dealkylation sites (tertiary alicyclic amines) is 1. The van der Waals surface area contributed by atoms with Crippen LogP contribution in [0, 0.1) is 13.8 Å². The number of aromatic amines is 1. The SMILES string of the molecule is CC[C@@H]1CCCC[NH+]1Cc1c(C)[nH]c2c(C)cccc2c1=O. The van der Waals surface area contributed by atoms with Gasteiger partial charge in [-0.15, -0.1) is 0 Å². The Morgan fingerprint density at radius 1 is 1.27 bits per heavy atom. The molecule has 22 heavy (non-hydrogen) atoms. The molecule has 0 amide bonds. The second kappa shape index (κ2) is 6.25. The van der Waals surface area contributed by atoms with Crippen molar-refractivity contribution in [3.05, 3.63) is 45.2 Å². The first-order chi connectivity index (χ1) is 10.6. The summed E-state index contributed by atoms with van der Waals surface area (Å²) in [6.07, 6.45) is 5.14. The first-order valence-corrected chi connectivity index (χ1v) is 8.57. The summed E-state index contributed by atoms with van der Waals surface area (Å²) >= 11 is 0. The number of fused-ring (bicyclic) bond motifs is 1. The number of aryl methyl sites for hydroxylation is 2. The number of nitrogens with one attached hydrogen (secondary N) is 2. The number of rotatable bonds is 3. The molecule has 3 nitrogen and oxygen atoms in total. The average Bonchev–Trinajstić information content (AvgIpc) is 2.53. The summed E-state index contributed by atoms with van der Waals surface area (Å²) in [5, 5.41) is 0.838. The van der Waals surface area contributed by atoms with Crippen molar-refractivity contribution in [1.29, 1.82) is 0 Å². The summed E-state index contributed by atoms with van der Waals surface area (Å²) < 4.78 is 0. The fourth-order valence-electron chi connectivity index (χ4n) is 3.94. The second-order valence-corrected chi connectivity index (χ2v) is 6.74. The van der Waals surface area contributed by atoms with E-state index in [1.807, 2.05) is 19.1 Å². The van der Waals surface area contributed by atoms with Gasteiger partial charge in [0.25, 0.3) is 0 Å². The number of pyridine rings is 1. The minimum atomic E-state index is 0.225. The van der Waals surface area contributed by atoms with Gasteiger partial charge in [0.15, 0.2) is 5.43 Å². The van der Waals surface area contributed by atoms with E-state index < -0.39 is 0 Å². The Bertz CT molecular complexity index is 732. The molecule has 118 valence electrons. The Kier molecular flexibility index (Phi) is 4.34. The molecule has 2 atom stereocenters. The maximum absolute atomic E-state index is 12.9. The van der Waals surface area contributed by atoms with Crippen molar-refractivity contribution < 1.29 is 4.90 Å². The number of H-pyrrole nitrogens is 1. The highest BCUT2D eigenvalue weighted by Gasteiger charge is 2.26. The molecule has 0 saturated carbocycles. The third-order valence-corrected chi connectivity index (χ3v) is 5.33. The van der Waals surface area contributed by atoms with Gasteiger partial charge in [0.1, 0.15) is 6.54 Å². The molecule has 0 bridgehead atoms. The molecule has 2 aromatic rings. The minimum Gasteiger partial charge on any atom is -0.358 e. The molecule has 0 spiro atoms. The van der Waals surface area contributed by atoms with Gasteiger partial charge in [-0.25, -0.2) is 0 Å². The Labute approximate surface area is 132 Å². The van der Waals surface area contributed by atoms with Crippen LogP contribution in [0.25, 0.3) is 10.9 Å². The van der Waals surface area contributed by atoms with E-state index in [-0.39, 0.29) is 5.43 Å². The van der Waals surface area contributed by atoms with Crippen molar-refractivity contribution in [2.24, 2.45) is 0 Å². The molecule has 1 aliphatic heterocycles. The summed E-state index contributed by atoms with van der Waals surface area (Å²) in [7, 11) is 0. The number of para-hydroxylation sites is 1. The number of quaternary nitrogens is 1. The summed E-state index contributed by atoms with van der Waals surface area (Å²) in [5.74, 6) is 0. The maximum atomic E-state index is 12.9. The summed E-state index contributed by atoms with van der Waals surface area (Å²) in [5.41, 5.74) is 4.38. The quantitative estimate of drug-likeness (QED) is 0.898. The lowest BCUT2D eigenvalue weighted by atomic mass is 9.98. The first kappa shape index (κ1) is 15.3. The van der Waals surface area contributed by atoms with Crippen molar-refractivity contribution in [3.8, 4) is 0 Å². The zero-order chi connectivity index (χ0) is 15.7. The summed E-state index contributed by atoms with van der Waals surface area (Å²) in [4.78, 5) is 18.0. The highest BCUT2D eigenvalue weighted by molar-refractivity contribution is 5.82.